The summed E-state index contributed by atoms with van der Waals surface area (Å²) < 4.78 is 0. The van der Waals surface area contributed by atoms with Gasteiger partial charge in [0.1, 0.15) is 17.3 Å². The molecule has 1 amide bonds. The summed E-state index contributed by atoms with van der Waals surface area (Å²) >= 11 is 18.6. The smallest absolute Gasteiger partial charge is 0.282 e. The lowest BCUT2D eigenvalue weighted by molar-refractivity contribution is -0.113. The van der Waals surface area contributed by atoms with E-state index in [2.05, 4.69) is 4.99 Å². The van der Waals surface area contributed by atoms with E-state index in [1.165, 1.54) is 17.0 Å². The molecule has 1 heterocycles. The van der Waals surface area contributed by atoms with Crippen molar-refractivity contribution >= 4 is 58.3 Å². The van der Waals surface area contributed by atoms with Crippen LogP contribution < -0.4 is 4.90 Å². The predicted molar refractivity (Wildman–Crippen MR) is 118 cm³/mol. The number of carbonyl (C=O) groups is 1. The maximum absolute atomic E-state index is 13.2. The van der Waals surface area contributed by atoms with Crippen LogP contribution in [0.1, 0.15) is 11.1 Å². The standard InChI is InChI=1S/C22H13Cl3N2O2/c23-14-6-5-13(19(25)12-14)11-20-22(29)27(15-7-9-16(28)10-8-15)21(26-20)17-3-1-2-4-18(17)24/h1-12,28H/b20-11+. The number of halogens is 3. The van der Waals surface area contributed by atoms with Crippen molar-refractivity contribution in [2.24, 2.45) is 4.99 Å². The van der Waals surface area contributed by atoms with E-state index in [1.807, 2.05) is 6.07 Å². The van der Waals surface area contributed by atoms with Gasteiger partial charge in [-0.1, -0.05) is 53.0 Å². The molecule has 3 aromatic carbocycles. The zero-order valence-corrected chi connectivity index (χ0v) is 17.1. The molecule has 0 fully saturated rings. The Morgan fingerprint density at radius 2 is 1.62 bits per heavy atom. The number of hydrogen-bond donors (Lipinski definition) is 1. The monoisotopic (exact) mass is 442 g/mol. The average molecular weight is 444 g/mol. The highest BCUT2D eigenvalue weighted by atomic mass is 35.5. The fourth-order valence-corrected chi connectivity index (χ4v) is 3.63. The second-order valence-electron chi connectivity index (χ2n) is 6.27. The van der Waals surface area contributed by atoms with Gasteiger partial charge >= 0.3 is 0 Å². The van der Waals surface area contributed by atoms with Gasteiger partial charge in [0, 0.05) is 15.6 Å². The van der Waals surface area contributed by atoms with Gasteiger partial charge in [0.15, 0.2) is 0 Å². The fraction of sp³-hybridized carbons (Fsp3) is 0. The van der Waals surface area contributed by atoms with E-state index in [4.69, 9.17) is 34.8 Å². The minimum Gasteiger partial charge on any atom is -0.508 e. The molecule has 4 nitrogen and oxygen atoms in total. The number of phenolic OH excluding ortho intramolecular Hbond substituents is 1. The quantitative estimate of drug-likeness (QED) is 0.491. The van der Waals surface area contributed by atoms with E-state index >= 15 is 0 Å². The van der Waals surface area contributed by atoms with Crippen molar-refractivity contribution in [2.75, 3.05) is 4.90 Å². The van der Waals surface area contributed by atoms with E-state index in [1.54, 1.807) is 54.6 Å². The van der Waals surface area contributed by atoms with E-state index < -0.39 is 0 Å². The van der Waals surface area contributed by atoms with Crippen molar-refractivity contribution in [2.45, 2.75) is 0 Å². The van der Waals surface area contributed by atoms with Gasteiger partial charge < -0.3 is 5.11 Å². The van der Waals surface area contributed by atoms with Gasteiger partial charge in [0.05, 0.1) is 10.7 Å². The second kappa shape index (κ2) is 7.91. The van der Waals surface area contributed by atoms with E-state index in [0.29, 0.717) is 37.7 Å². The molecule has 29 heavy (non-hydrogen) atoms. The molecule has 7 heteroatoms. The van der Waals surface area contributed by atoms with Crippen LogP contribution >= 0.6 is 34.8 Å². The number of amidine groups is 1. The SMILES string of the molecule is O=C1/C(=C\c2ccc(Cl)cc2Cl)N=C(c2ccccc2Cl)N1c1ccc(O)cc1. The fourth-order valence-electron chi connectivity index (χ4n) is 2.95. The first-order chi connectivity index (χ1) is 13.9. The summed E-state index contributed by atoms with van der Waals surface area (Å²) in [7, 11) is 0. The molecule has 3 aromatic rings. The van der Waals surface area contributed by atoms with Gasteiger partial charge in [0.2, 0.25) is 0 Å². The summed E-state index contributed by atoms with van der Waals surface area (Å²) in [5, 5.41) is 11.0. The zero-order valence-electron chi connectivity index (χ0n) is 14.8. The molecule has 4 rings (SSSR count). The molecular formula is C22H13Cl3N2O2. The summed E-state index contributed by atoms with van der Waals surface area (Å²) in [6.45, 7) is 0. The summed E-state index contributed by atoms with van der Waals surface area (Å²) in [4.78, 5) is 19.2. The second-order valence-corrected chi connectivity index (χ2v) is 7.52. The Labute approximate surface area is 182 Å². The van der Waals surface area contributed by atoms with Crippen molar-refractivity contribution in [3.05, 3.63) is 98.6 Å². The predicted octanol–water partition coefficient (Wildman–Crippen LogP) is 6.19. The molecule has 0 aromatic heterocycles. The number of aromatic hydroxyl groups is 1. The third-order valence-electron chi connectivity index (χ3n) is 4.34. The Balaban J connectivity index is 1.86. The lowest BCUT2D eigenvalue weighted by atomic mass is 10.1. The molecule has 1 aliphatic heterocycles. The first kappa shape index (κ1) is 19.5. The Kier molecular flexibility index (Phi) is 5.33. The highest BCUT2D eigenvalue weighted by molar-refractivity contribution is 6.40. The molecule has 0 saturated heterocycles. The van der Waals surface area contributed by atoms with Crippen molar-refractivity contribution in [3.8, 4) is 5.75 Å². The summed E-state index contributed by atoms with van der Waals surface area (Å²) in [6, 6.07) is 18.4. The molecule has 0 atom stereocenters. The van der Waals surface area contributed by atoms with Gasteiger partial charge in [-0.2, -0.15) is 0 Å². The van der Waals surface area contributed by atoms with Crippen LogP contribution in [0, 0.1) is 0 Å². The number of aliphatic imine (C=N–C) groups is 1. The molecule has 0 aliphatic carbocycles. The van der Waals surface area contributed by atoms with Crippen LogP contribution in [0.3, 0.4) is 0 Å². The molecule has 0 radical (unpaired) electrons. The van der Waals surface area contributed by atoms with Crippen LogP contribution in [0.5, 0.6) is 5.75 Å². The molecule has 0 unspecified atom stereocenters. The topological polar surface area (TPSA) is 52.9 Å². The minimum atomic E-state index is -0.336. The van der Waals surface area contributed by atoms with Gasteiger partial charge in [-0.15, -0.1) is 0 Å². The maximum atomic E-state index is 13.2. The van der Waals surface area contributed by atoms with Crippen molar-refractivity contribution < 1.29 is 9.90 Å². The maximum Gasteiger partial charge on any atom is 0.282 e. The third-order valence-corrected chi connectivity index (χ3v) is 5.23. The van der Waals surface area contributed by atoms with Crippen LogP contribution in [0.2, 0.25) is 15.1 Å². The zero-order chi connectivity index (χ0) is 20.5. The average Bonchev–Trinajstić information content (AvgIpc) is 3.01. The molecule has 1 aliphatic rings. The highest BCUT2D eigenvalue weighted by Gasteiger charge is 2.33. The van der Waals surface area contributed by atoms with Crippen LogP contribution in [0.15, 0.2) is 77.4 Å². The number of hydrogen-bond acceptors (Lipinski definition) is 3. The van der Waals surface area contributed by atoms with Gasteiger partial charge in [-0.3, -0.25) is 9.69 Å². The number of anilines is 1. The lowest BCUT2D eigenvalue weighted by Crippen LogP contribution is -2.32. The first-order valence-electron chi connectivity index (χ1n) is 8.58. The summed E-state index contributed by atoms with van der Waals surface area (Å²) in [5.41, 5.74) is 1.99. The summed E-state index contributed by atoms with van der Waals surface area (Å²) in [5.74, 6) is 0.152. The van der Waals surface area contributed by atoms with Crippen molar-refractivity contribution in [3.63, 3.8) is 0 Å². The molecule has 0 spiro atoms. The number of phenols is 1. The minimum absolute atomic E-state index is 0.0975. The number of carbonyl (C=O) groups excluding carboxylic acids is 1. The highest BCUT2D eigenvalue weighted by Crippen LogP contribution is 2.32. The van der Waals surface area contributed by atoms with Crippen LogP contribution in [-0.4, -0.2) is 16.8 Å². The lowest BCUT2D eigenvalue weighted by Gasteiger charge is -2.19. The van der Waals surface area contributed by atoms with E-state index in [9.17, 15) is 9.90 Å². The summed E-state index contributed by atoms with van der Waals surface area (Å²) in [6.07, 6.45) is 1.61. The van der Waals surface area contributed by atoms with Crippen LogP contribution in [0.4, 0.5) is 5.69 Å². The number of nitrogens with zero attached hydrogens (tertiary/aromatic N) is 2. The molecule has 0 saturated carbocycles. The molecule has 144 valence electrons. The van der Waals surface area contributed by atoms with Crippen LogP contribution in [-0.2, 0) is 4.79 Å². The largest absolute Gasteiger partial charge is 0.508 e. The number of benzene rings is 3. The normalized spacial score (nSPS) is 15.1. The van der Waals surface area contributed by atoms with Crippen molar-refractivity contribution in [1.29, 1.82) is 0 Å². The Morgan fingerprint density at radius 1 is 0.897 bits per heavy atom. The Bertz CT molecular complexity index is 1170. The third kappa shape index (κ3) is 3.87. The number of amides is 1. The van der Waals surface area contributed by atoms with Crippen LogP contribution in [0.25, 0.3) is 6.08 Å². The Morgan fingerprint density at radius 3 is 2.31 bits per heavy atom. The van der Waals surface area contributed by atoms with Gasteiger partial charge in [-0.05, 0) is 60.2 Å². The van der Waals surface area contributed by atoms with E-state index in [-0.39, 0.29) is 17.4 Å². The molecule has 0 bridgehead atoms. The van der Waals surface area contributed by atoms with E-state index in [0.717, 1.165) is 0 Å². The molecule has 1 N–H and O–H groups in total. The number of rotatable bonds is 3. The molecular weight excluding hydrogens is 431 g/mol. The first-order valence-corrected chi connectivity index (χ1v) is 9.71. The Hall–Kier alpha value is -2.79. The van der Waals surface area contributed by atoms with Gasteiger partial charge in [0.25, 0.3) is 5.91 Å². The van der Waals surface area contributed by atoms with Crippen molar-refractivity contribution in [1.82, 2.24) is 0 Å². The van der Waals surface area contributed by atoms with Gasteiger partial charge in [-0.25, -0.2) is 4.99 Å².